The SMILES string of the molecule is CC(CO)N1CCN(Cc2ccc(I)nc2)CC1. The molecule has 1 N–H and O–H groups in total. The van der Waals surface area contributed by atoms with Gasteiger partial charge in [0, 0.05) is 45.0 Å². The molecular weight excluding hydrogens is 341 g/mol. The summed E-state index contributed by atoms with van der Waals surface area (Å²) < 4.78 is 1.04. The van der Waals surface area contributed by atoms with E-state index < -0.39 is 0 Å². The largest absolute Gasteiger partial charge is 0.395 e. The molecule has 1 fully saturated rings. The van der Waals surface area contributed by atoms with Crippen molar-refractivity contribution in [1.82, 2.24) is 14.8 Å². The first-order chi connectivity index (χ1) is 8.69. The molecule has 100 valence electrons. The number of hydrogen-bond acceptors (Lipinski definition) is 4. The number of rotatable bonds is 4. The Balaban J connectivity index is 1.81. The van der Waals surface area contributed by atoms with Gasteiger partial charge in [-0.1, -0.05) is 6.07 Å². The molecule has 1 atom stereocenters. The van der Waals surface area contributed by atoms with Crippen LogP contribution >= 0.6 is 22.6 Å². The van der Waals surface area contributed by atoms with E-state index in [0.29, 0.717) is 0 Å². The van der Waals surface area contributed by atoms with E-state index in [1.165, 1.54) is 5.56 Å². The molecule has 0 aliphatic carbocycles. The second-order valence-corrected chi connectivity index (χ2v) is 5.94. The van der Waals surface area contributed by atoms with Crippen molar-refractivity contribution in [2.75, 3.05) is 32.8 Å². The normalized spacial score (nSPS) is 19.9. The summed E-state index contributed by atoms with van der Waals surface area (Å²) in [7, 11) is 0. The smallest absolute Gasteiger partial charge is 0.101 e. The van der Waals surface area contributed by atoms with Crippen LogP contribution in [-0.2, 0) is 6.54 Å². The van der Waals surface area contributed by atoms with Gasteiger partial charge in [-0.05, 0) is 41.1 Å². The van der Waals surface area contributed by atoms with Gasteiger partial charge in [-0.15, -0.1) is 0 Å². The molecule has 0 saturated carbocycles. The van der Waals surface area contributed by atoms with Gasteiger partial charge in [-0.2, -0.15) is 0 Å². The van der Waals surface area contributed by atoms with E-state index in [-0.39, 0.29) is 12.6 Å². The number of nitrogens with zero attached hydrogens (tertiary/aromatic N) is 3. The molecule has 2 heterocycles. The molecular formula is C13H20IN3O. The second-order valence-electron chi connectivity index (χ2n) is 4.83. The van der Waals surface area contributed by atoms with Gasteiger partial charge in [-0.25, -0.2) is 0 Å². The minimum Gasteiger partial charge on any atom is -0.395 e. The van der Waals surface area contributed by atoms with Crippen LogP contribution in [0.2, 0.25) is 0 Å². The molecule has 0 spiro atoms. The van der Waals surface area contributed by atoms with Crippen molar-refractivity contribution < 1.29 is 5.11 Å². The Bertz CT molecular complexity index is 363. The zero-order chi connectivity index (χ0) is 13.0. The third kappa shape index (κ3) is 3.88. The lowest BCUT2D eigenvalue weighted by atomic mass is 10.2. The van der Waals surface area contributed by atoms with Gasteiger partial charge in [0.25, 0.3) is 0 Å². The summed E-state index contributed by atoms with van der Waals surface area (Å²) in [5.74, 6) is 0. The van der Waals surface area contributed by atoms with Gasteiger partial charge >= 0.3 is 0 Å². The number of hydrogen-bond donors (Lipinski definition) is 1. The highest BCUT2D eigenvalue weighted by atomic mass is 127. The summed E-state index contributed by atoms with van der Waals surface area (Å²) in [5, 5.41) is 9.15. The second kappa shape index (κ2) is 6.79. The molecule has 1 aliphatic heterocycles. The first-order valence-electron chi connectivity index (χ1n) is 6.36. The van der Waals surface area contributed by atoms with E-state index in [9.17, 15) is 0 Å². The number of halogens is 1. The Morgan fingerprint density at radius 3 is 2.61 bits per heavy atom. The average molecular weight is 361 g/mol. The van der Waals surface area contributed by atoms with Crippen molar-refractivity contribution in [2.24, 2.45) is 0 Å². The average Bonchev–Trinajstić information content (AvgIpc) is 2.41. The number of aliphatic hydroxyl groups is 1. The van der Waals surface area contributed by atoms with Crippen LogP contribution in [0.1, 0.15) is 12.5 Å². The van der Waals surface area contributed by atoms with Crippen molar-refractivity contribution >= 4 is 22.6 Å². The minimum absolute atomic E-state index is 0.251. The van der Waals surface area contributed by atoms with Crippen molar-refractivity contribution in [3.63, 3.8) is 0 Å². The van der Waals surface area contributed by atoms with E-state index in [0.717, 1.165) is 36.4 Å². The quantitative estimate of drug-likeness (QED) is 0.646. The maximum absolute atomic E-state index is 9.15. The van der Waals surface area contributed by atoms with Gasteiger partial charge in [0.05, 0.1) is 6.61 Å². The molecule has 1 aromatic rings. The fraction of sp³-hybridized carbons (Fsp3) is 0.615. The lowest BCUT2D eigenvalue weighted by Gasteiger charge is -2.37. The standard InChI is InChI=1S/C13H20IN3O/c1-11(10-18)17-6-4-16(5-7-17)9-12-2-3-13(14)15-8-12/h2-3,8,11,18H,4-7,9-10H2,1H3. The molecule has 0 radical (unpaired) electrons. The number of aliphatic hydroxyl groups excluding tert-OH is 1. The summed E-state index contributed by atoms with van der Waals surface area (Å²) in [5.41, 5.74) is 1.28. The molecule has 0 aromatic carbocycles. The molecule has 2 rings (SSSR count). The molecule has 0 bridgehead atoms. The highest BCUT2D eigenvalue weighted by molar-refractivity contribution is 14.1. The van der Waals surface area contributed by atoms with Gasteiger partial charge in [0.15, 0.2) is 0 Å². The number of pyridine rings is 1. The Morgan fingerprint density at radius 1 is 1.33 bits per heavy atom. The molecule has 5 heteroatoms. The third-order valence-electron chi connectivity index (χ3n) is 3.49. The highest BCUT2D eigenvalue weighted by Crippen LogP contribution is 2.10. The molecule has 1 unspecified atom stereocenters. The first kappa shape index (κ1) is 14.2. The topological polar surface area (TPSA) is 39.6 Å². The summed E-state index contributed by atoms with van der Waals surface area (Å²) in [6.07, 6.45) is 1.96. The van der Waals surface area contributed by atoms with Crippen molar-refractivity contribution in [3.8, 4) is 0 Å². The van der Waals surface area contributed by atoms with Gasteiger partial charge in [0.2, 0.25) is 0 Å². The fourth-order valence-corrected chi connectivity index (χ4v) is 2.55. The van der Waals surface area contributed by atoms with E-state index >= 15 is 0 Å². The predicted octanol–water partition coefficient (Wildman–Crippen LogP) is 1.18. The van der Waals surface area contributed by atoms with E-state index in [2.05, 4.69) is 56.4 Å². The van der Waals surface area contributed by atoms with Crippen molar-refractivity contribution in [1.29, 1.82) is 0 Å². The summed E-state index contributed by atoms with van der Waals surface area (Å²) in [4.78, 5) is 9.12. The number of aromatic nitrogens is 1. The minimum atomic E-state index is 0.251. The predicted molar refractivity (Wildman–Crippen MR) is 80.4 cm³/mol. The Hall–Kier alpha value is -0.240. The Labute approximate surface area is 122 Å². The zero-order valence-electron chi connectivity index (χ0n) is 10.7. The molecule has 0 amide bonds. The Kier molecular flexibility index (Phi) is 5.35. The van der Waals surface area contributed by atoms with Crippen LogP contribution in [0.4, 0.5) is 0 Å². The van der Waals surface area contributed by atoms with Gasteiger partial charge < -0.3 is 5.11 Å². The Morgan fingerprint density at radius 2 is 2.06 bits per heavy atom. The summed E-state index contributed by atoms with van der Waals surface area (Å²) >= 11 is 2.23. The van der Waals surface area contributed by atoms with E-state index in [1.807, 2.05) is 6.20 Å². The first-order valence-corrected chi connectivity index (χ1v) is 7.44. The van der Waals surface area contributed by atoms with Crippen LogP contribution < -0.4 is 0 Å². The van der Waals surface area contributed by atoms with Crippen LogP contribution in [0.25, 0.3) is 0 Å². The van der Waals surface area contributed by atoms with E-state index in [1.54, 1.807) is 0 Å². The van der Waals surface area contributed by atoms with Crippen LogP contribution in [-0.4, -0.2) is 58.7 Å². The molecule has 1 saturated heterocycles. The third-order valence-corrected chi connectivity index (χ3v) is 4.13. The maximum Gasteiger partial charge on any atom is 0.101 e. The molecule has 4 nitrogen and oxygen atoms in total. The highest BCUT2D eigenvalue weighted by Gasteiger charge is 2.20. The lowest BCUT2D eigenvalue weighted by Crippen LogP contribution is -2.50. The molecule has 18 heavy (non-hydrogen) atoms. The summed E-state index contributed by atoms with van der Waals surface area (Å²) in [6, 6.07) is 4.49. The fourth-order valence-electron chi connectivity index (χ4n) is 2.24. The lowest BCUT2D eigenvalue weighted by molar-refractivity contribution is 0.0702. The number of piperazine rings is 1. The summed E-state index contributed by atoms with van der Waals surface area (Å²) in [6.45, 7) is 7.52. The van der Waals surface area contributed by atoms with Crippen molar-refractivity contribution in [2.45, 2.75) is 19.5 Å². The van der Waals surface area contributed by atoms with Crippen LogP contribution in [0, 0.1) is 3.70 Å². The monoisotopic (exact) mass is 361 g/mol. The van der Waals surface area contributed by atoms with Gasteiger partial charge in [0.1, 0.15) is 3.70 Å². The van der Waals surface area contributed by atoms with Gasteiger partial charge in [-0.3, -0.25) is 14.8 Å². The van der Waals surface area contributed by atoms with Crippen LogP contribution in [0.5, 0.6) is 0 Å². The molecule has 1 aromatic heterocycles. The van der Waals surface area contributed by atoms with Crippen LogP contribution in [0.3, 0.4) is 0 Å². The van der Waals surface area contributed by atoms with Crippen molar-refractivity contribution in [3.05, 3.63) is 27.6 Å². The molecule has 1 aliphatic rings. The zero-order valence-corrected chi connectivity index (χ0v) is 12.9. The van der Waals surface area contributed by atoms with Crippen LogP contribution in [0.15, 0.2) is 18.3 Å². The van der Waals surface area contributed by atoms with E-state index in [4.69, 9.17) is 5.11 Å². The maximum atomic E-state index is 9.15.